The monoisotopic (exact) mass is 451 g/mol. The number of nitrogens with zero attached hydrogens (tertiary/aromatic N) is 3. The maximum absolute atomic E-state index is 12.9. The molecule has 0 aliphatic carbocycles. The number of hydrazone groups is 1. The third-order valence-corrected chi connectivity index (χ3v) is 5.44. The van der Waals surface area contributed by atoms with Crippen molar-refractivity contribution in [2.45, 2.75) is 32.7 Å². The number of amides is 1. The van der Waals surface area contributed by atoms with Gasteiger partial charge in [-0.05, 0) is 50.1 Å². The van der Waals surface area contributed by atoms with E-state index in [0.29, 0.717) is 34.8 Å². The molecule has 0 spiro atoms. The summed E-state index contributed by atoms with van der Waals surface area (Å²) in [4.78, 5) is 34.5. The smallest absolute Gasteiger partial charge is 0.307 e. The summed E-state index contributed by atoms with van der Waals surface area (Å²) in [7, 11) is 0. The molecule has 170 valence electrons. The van der Waals surface area contributed by atoms with Crippen LogP contribution in [0.1, 0.15) is 35.6 Å². The van der Waals surface area contributed by atoms with Crippen molar-refractivity contribution in [2.24, 2.45) is 5.10 Å². The lowest BCUT2D eigenvalue weighted by atomic mass is 9.93. The van der Waals surface area contributed by atoms with Crippen LogP contribution in [-0.4, -0.2) is 45.5 Å². The van der Waals surface area contributed by atoms with E-state index >= 15 is 0 Å². The minimum Gasteiger partial charge on any atom is -0.481 e. The van der Waals surface area contributed by atoms with Gasteiger partial charge in [-0.1, -0.05) is 6.08 Å². The molecule has 0 bridgehead atoms. The second-order valence-corrected chi connectivity index (χ2v) is 7.81. The molecule has 33 heavy (non-hydrogen) atoms. The van der Waals surface area contributed by atoms with Gasteiger partial charge < -0.3 is 14.6 Å². The molecule has 2 heterocycles. The number of hydrogen-bond donors (Lipinski definition) is 1. The average molecular weight is 451 g/mol. The fourth-order valence-electron chi connectivity index (χ4n) is 3.86. The Morgan fingerprint density at radius 2 is 2.00 bits per heavy atom. The average Bonchev–Trinajstić information content (AvgIpc) is 3.14. The highest BCUT2D eigenvalue weighted by Gasteiger charge is 2.29. The minimum atomic E-state index is -1.05. The molecule has 2 aliphatic rings. The van der Waals surface area contributed by atoms with Gasteiger partial charge in [-0.3, -0.25) is 19.7 Å². The lowest BCUT2D eigenvalue weighted by molar-refractivity contribution is -0.385. The summed E-state index contributed by atoms with van der Waals surface area (Å²) in [6.45, 7) is 3.58. The third kappa shape index (κ3) is 4.40. The number of carbonyl (C=O) groups excluding carboxylic acids is 1. The quantitative estimate of drug-likeness (QED) is 0.419. The van der Waals surface area contributed by atoms with E-state index in [2.05, 4.69) is 5.10 Å². The molecular formula is C23H21N3O7. The highest BCUT2D eigenvalue weighted by atomic mass is 16.7. The number of aliphatic carboxylic acids is 1. The first-order valence-electron chi connectivity index (χ1n) is 10.2. The van der Waals surface area contributed by atoms with Gasteiger partial charge in [-0.2, -0.15) is 5.10 Å². The van der Waals surface area contributed by atoms with Gasteiger partial charge in [0.1, 0.15) is 0 Å². The van der Waals surface area contributed by atoms with E-state index in [-0.39, 0.29) is 24.9 Å². The number of ether oxygens (including phenoxy) is 2. The Kier molecular flexibility index (Phi) is 5.82. The number of carboxylic acid groups (broad SMARTS) is 1. The van der Waals surface area contributed by atoms with E-state index < -0.39 is 16.8 Å². The Labute approximate surface area is 188 Å². The number of nitro benzene ring substituents is 1. The summed E-state index contributed by atoms with van der Waals surface area (Å²) in [5.74, 6) is -0.363. The number of carbonyl (C=O) groups is 2. The molecule has 2 aliphatic heterocycles. The number of aryl methyl sites for hydroxylation is 1. The minimum absolute atomic E-state index is 0.0169. The predicted octanol–water partition coefficient (Wildman–Crippen LogP) is 3.19. The van der Waals surface area contributed by atoms with Crippen LogP contribution in [0.25, 0.3) is 0 Å². The van der Waals surface area contributed by atoms with Crippen molar-refractivity contribution in [1.82, 2.24) is 5.01 Å². The molecule has 4 rings (SSSR count). The van der Waals surface area contributed by atoms with Crippen LogP contribution in [-0.2, 0) is 16.0 Å². The van der Waals surface area contributed by atoms with E-state index in [4.69, 9.17) is 14.6 Å². The molecule has 0 radical (unpaired) electrons. The zero-order chi connectivity index (χ0) is 23.7. The van der Waals surface area contributed by atoms with Gasteiger partial charge in [-0.25, -0.2) is 5.01 Å². The molecule has 2 aromatic carbocycles. The van der Waals surface area contributed by atoms with Gasteiger partial charge in [0.05, 0.1) is 23.1 Å². The standard InChI is InChI=1S/C23H21N3O7/c1-13-8-15(6-7-18(13)26(30)31)23-17-11-20-19(32-12-33-20)10-16(17)9-14(2)25(24-23)21(27)4-3-5-22(28)29/h3-4,6-8,10-11,14H,5,9,12H2,1-2H3,(H,28,29)/t14-/m1/s1. The molecule has 0 fully saturated rings. The van der Waals surface area contributed by atoms with Crippen LogP contribution in [0, 0.1) is 17.0 Å². The SMILES string of the molecule is Cc1cc(C2=NN(C(=O)C=CCC(=O)O)[C@H](C)Cc3cc4c(cc32)OCO4)ccc1[N+](=O)[O-]. The number of rotatable bonds is 5. The fourth-order valence-corrected chi connectivity index (χ4v) is 3.86. The maximum atomic E-state index is 12.9. The van der Waals surface area contributed by atoms with E-state index in [1.165, 1.54) is 23.2 Å². The highest BCUT2D eigenvalue weighted by Crippen LogP contribution is 2.38. The summed E-state index contributed by atoms with van der Waals surface area (Å²) < 4.78 is 11.0. The summed E-state index contributed by atoms with van der Waals surface area (Å²) >= 11 is 0. The highest BCUT2D eigenvalue weighted by molar-refractivity contribution is 6.15. The predicted molar refractivity (Wildman–Crippen MR) is 117 cm³/mol. The van der Waals surface area contributed by atoms with Crippen molar-refractivity contribution < 1.29 is 29.1 Å². The van der Waals surface area contributed by atoms with Crippen molar-refractivity contribution >= 4 is 23.3 Å². The summed E-state index contributed by atoms with van der Waals surface area (Å²) in [6.07, 6.45) is 2.64. The third-order valence-electron chi connectivity index (χ3n) is 5.44. The lowest BCUT2D eigenvalue weighted by Crippen LogP contribution is -2.34. The van der Waals surface area contributed by atoms with E-state index in [9.17, 15) is 19.7 Å². The largest absolute Gasteiger partial charge is 0.481 e. The Morgan fingerprint density at radius 1 is 1.27 bits per heavy atom. The number of benzene rings is 2. The van der Waals surface area contributed by atoms with Gasteiger partial charge in [-0.15, -0.1) is 0 Å². The van der Waals surface area contributed by atoms with Crippen LogP contribution < -0.4 is 9.47 Å². The summed E-state index contributed by atoms with van der Waals surface area (Å²) in [6, 6.07) is 7.97. The number of fused-ring (bicyclic) bond motifs is 2. The van der Waals surface area contributed by atoms with Gasteiger partial charge in [0.25, 0.3) is 11.6 Å². The number of nitro groups is 1. The van der Waals surface area contributed by atoms with Gasteiger partial charge in [0.2, 0.25) is 6.79 Å². The van der Waals surface area contributed by atoms with Gasteiger partial charge in [0.15, 0.2) is 11.5 Å². The molecule has 1 atom stereocenters. The Bertz CT molecular complexity index is 1220. The van der Waals surface area contributed by atoms with Crippen LogP contribution in [0.4, 0.5) is 5.69 Å². The molecule has 1 amide bonds. The van der Waals surface area contributed by atoms with Crippen LogP contribution >= 0.6 is 0 Å². The Balaban J connectivity index is 1.84. The van der Waals surface area contributed by atoms with E-state index in [1.807, 2.05) is 13.0 Å². The molecule has 10 heteroatoms. The fraction of sp³-hybridized carbons (Fsp3) is 0.261. The van der Waals surface area contributed by atoms with Crippen molar-refractivity contribution in [3.05, 3.63) is 74.9 Å². The zero-order valence-corrected chi connectivity index (χ0v) is 18.0. The van der Waals surface area contributed by atoms with Crippen LogP contribution in [0.15, 0.2) is 47.6 Å². The van der Waals surface area contributed by atoms with Crippen molar-refractivity contribution in [2.75, 3.05) is 6.79 Å². The Morgan fingerprint density at radius 3 is 2.67 bits per heavy atom. The first kappa shape index (κ1) is 22.0. The summed E-state index contributed by atoms with van der Waals surface area (Å²) in [5.41, 5.74) is 3.09. The molecule has 0 unspecified atom stereocenters. The van der Waals surface area contributed by atoms with Crippen LogP contribution in [0.2, 0.25) is 0 Å². The second-order valence-electron chi connectivity index (χ2n) is 7.81. The topological polar surface area (TPSA) is 132 Å². The van der Waals surface area contributed by atoms with Gasteiger partial charge >= 0.3 is 5.97 Å². The molecule has 0 aromatic heterocycles. The van der Waals surface area contributed by atoms with Crippen molar-refractivity contribution in [1.29, 1.82) is 0 Å². The maximum Gasteiger partial charge on any atom is 0.307 e. The van der Waals surface area contributed by atoms with Gasteiger partial charge in [0, 0.05) is 28.8 Å². The second kappa shape index (κ2) is 8.73. The molecule has 0 saturated carbocycles. The number of hydrogen-bond acceptors (Lipinski definition) is 7. The summed E-state index contributed by atoms with van der Waals surface area (Å²) in [5, 5.41) is 26.0. The van der Waals surface area contributed by atoms with Crippen LogP contribution in [0.3, 0.4) is 0 Å². The normalized spacial score (nSPS) is 16.8. The first-order valence-corrected chi connectivity index (χ1v) is 10.2. The molecule has 10 nitrogen and oxygen atoms in total. The number of carboxylic acids is 1. The molecule has 0 saturated heterocycles. The zero-order valence-electron chi connectivity index (χ0n) is 18.0. The van der Waals surface area contributed by atoms with E-state index in [1.54, 1.807) is 25.1 Å². The molecule has 1 N–H and O–H groups in total. The van der Waals surface area contributed by atoms with Crippen molar-refractivity contribution in [3.63, 3.8) is 0 Å². The first-order chi connectivity index (χ1) is 15.7. The van der Waals surface area contributed by atoms with E-state index in [0.717, 1.165) is 11.1 Å². The molecule has 2 aromatic rings. The van der Waals surface area contributed by atoms with Crippen molar-refractivity contribution in [3.8, 4) is 11.5 Å². The Hall–Kier alpha value is -4.21. The van der Waals surface area contributed by atoms with Crippen LogP contribution in [0.5, 0.6) is 11.5 Å². The molecular weight excluding hydrogens is 430 g/mol. The lowest BCUT2D eigenvalue weighted by Gasteiger charge is -2.22.